The molecule has 1 saturated heterocycles. The summed E-state index contributed by atoms with van der Waals surface area (Å²) in [6.45, 7) is 3.29. The summed E-state index contributed by atoms with van der Waals surface area (Å²) < 4.78 is 22.2. The molecule has 0 spiro atoms. The third-order valence-corrected chi connectivity index (χ3v) is 3.33. The van der Waals surface area contributed by atoms with Crippen LogP contribution in [0, 0.1) is 0 Å². The van der Waals surface area contributed by atoms with Crippen molar-refractivity contribution in [3.05, 3.63) is 30.2 Å². The Balaban J connectivity index is 1.69. The van der Waals surface area contributed by atoms with Gasteiger partial charge in [0.25, 0.3) is 5.89 Å². The highest BCUT2D eigenvalue weighted by Crippen LogP contribution is 2.33. The van der Waals surface area contributed by atoms with Gasteiger partial charge < -0.3 is 18.3 Å². The Labute approximate surface area is 120 Å². The van der Waals surface area contributed by atoms with Gasteiger partial charge in [0.1, 0.15) is 24.0 Å². The predicted molar refractivity (Wildman–Crippen MR) is 74.1 cm³/mol. The highest BCUT2D eigenvalue weighted by Gasteiger charge is 2.24. The SMILES string of the molecule is CCc1nnc(-c2cc3c(OCC4CO4)cccc3o2)o1. The van der Waals surface area contributed by atoms with Gasteiger partial charge in [0.15, 0.2) is 5.76 Å². The van der Waals surface area contributed by atoms with Gasteiger partial charge in [-0.15, -0.1) is 10.2 Å². The molecule has 1 fully saturated rings. The van der Waals surface area contributed by atoms with Gasteiger partial charge in [-0.3, -0.25) is 0 Å². The van der Waals surface area contributed by atoms with Gasteiger partial charge in [-0.05, 0) is 12.1 Å². The van der Waals surface area contributed by atoms with Crippen LogP contribution in [0.5, 0.6) is 5.75 Å². The largest absolute Gasteiger partial charge is 0.490 e. The molecule has 21 heavy (non-hydrogen) atoms. The first-order chi connectivity index (χ1) is 10.3. The molecule has 0 N–H and O–H groups in total. The number of hydrogen-bond acceptors (Lipinski definition) is 6. The second kappa shape index (κ2) is 4.89. The molecule has 0 saturated carbocycles. The van der Waals surface area contributed by atoms with E-state index in [4.69, 9.17) is 18.3 Å². The molecule has 0 amide bonds. The van der Waals surface area contributed by atoms with E-state index in [0.717, 1.165) is 23.3 Å². The number of nitrogens with zero attached hydrogens (tertiary/aromatic N) is 2. The molecule has 0 bridgehead atoms. The quantitative estimate of drug-likeness (QED) is 0.671. The van der Waals surface area contributed by atoms with Crippen LogP contribution in [-0.4, -0.2) is 29.5 Å². The normalized spacial score (nSPS) is 17.3. The zero-order chi connectivity index (χ0) is 14.2. The lowest BCUT2D eigenvalue weighted by Gasteiger charge is -2.04. The van der Waals surface area contributed by atoms with E-state index in [0.29, 0.717) is 30.6 Å². The Morgan fingerprint density at radius 2 is 2.19 bits per heavy atom. The molecule has 108 valence electrons. The summed E-state index contributed by atoms with van der Waals surface area (Å²) in [7, 11) is 0. The molecule has 2 aromatic heterocycles. The fourth-order valence-corrected chi connectivity index (χ4v) is 2.11. The lowest BCUT2D eigenvalue weighted by molar-refractivity contribution is 0.265. The van der Waals surface area contributed by atoms with E-state index in [1.165, 1.54) is 0 Å². The van der Waals surface area contributed by atoms with Crippen LogP contribution in [-0.2, 0) is 11.2 Å². The molecule has 6 nitrogen and oxygen atoms in total. The van der Waals surface area contributed by atoms with Crippen molar-refractivity contribution in [2.45, 2.75) is 19.4 Å². The molecule has 1 unspecified atom stereocenters. The number of rotatable bonds is 5. The minimum absolute atomic E-state index is 0.217. The zero-order valence-electron chi connectivity index (χ0n) is 11.5. The van der Waals surface area contributed by atoms with Crippen molar-refractivity contribution in [2.75, 3.05) is 13.2 Å². The van der Waals surface area contributed by atoms with Crippen molar-refractivity contribution < 1.29 is 18.3 Å². The summed E-state index contributed by atoms with van der Waals surface area (Å²) in [4.78, 5) is 0. The number of furan rings is 1. The number of hydrogen-bond donors (Lipinski definition) is 0. The van der Waals surface area contributed by atoms with Gasteiger partial charge in [0.05, 0.1) is 12.0 Å². The maximum absolute atomic E-state index is 5.77. The van der Waals surface area contributed by atoms with E-state index in [1.807, 2.05) is 31.2 Å². The standard InChI is InChI=1S/C15H14N2O4/c1-2-14-16-17-15(21-14)13-6-10-11(19-8-9-7-18-9)4-3-5-12(10)20-13/h3-6,9H,2,7-8H2,1H3. The predicted octanol–water partition coefficient (Wildman–Crippen LogP) is 2.82. The maximum Gasteiger partial charge on any atom is 0.283 e. The summed E-state index contributed by atoms with van der Waals surface area (Å²) in [5, 5.41) is 8.84. The average molecular weight is 286 g/mol. The van der Waals surface area contributed by atoms with Crippen LogP contribution in [0.2, 0.25) is 0 Å². The van der Waals surface area contributed by atoms with Gasteiger partial charge in [-0.1, -0.05) is 13.0 Å². The summed E-state index contributed by atoms with van der Waals surface area (Å²) in [6.07, 6.45) is 0.915. The van der Waals surface area contributed by atoms with E-state index in [2.05, 4.69) is 10.2 Å². The summed E-state index contributed by atoms with van der Waals surface area (Å²) in [5.74, 6) is 2.30. The second-order valence-corrected chi connectivity index (χ2v) is 4.90. The second-order valence-electron chi connectivity index (χ2n) is 4.90. The van der Waals surface area contributed by atoms with E-state index in [1.54, 1.807) is 0 Å². The van der Waals surface area contributed by atoms with Crippen LogP contribution < -0.4 is 4.74 Å². The van der Waals surface area contributed by atoms with Gasteiger partial charge in [0.2, 0.25) is 5.89 Å². The van der Waals surface area contributed by atoms with Gasteiger partial charge in [-0.2, -0.15) is 0 Å². The number of aryl methyl sites for hydroxylation is 1. The van der Waals surface area contributed by atoms with E-state index >= 15 is 0 Å². The molecular formula is C15H14N2O4. The van der Waals surface area contributed by atoms with Crippen molar-refractivity contribution in [1.82, 2.24) is 10.2 Å². The van der Waals surface area contributed by atoms with Crippen LogP contribution in [0.25, 0.3) is 22.6 Å². The Bertz CT molecular complexity index is 773. The van der Waals surface area contributed by atoms with Crippen molar-refractivity contribution in [2.24, 2.45) is 0 Å². The Hall–Kier alpha value is -2.34. The van der Waals surface area contributed by atoms with Gasteiger partial charge in [-0.25, -0.2) is 0 Å². The number of benzene rings is 1. The van der Waals surface area contributed by atoms with E-state index < -0.39 is 0 Å². The molecule has 3 aromatic rings. The first-order valence-electron chi connectivity index (χ1n) is 6.93. The highest BCUT2D eigenvalue weighted by atomic mass is 16.6. The van der Waals surface area contributed by atoms with Crippen molar-refractivity contribution in [1.29, 1.82) is 0 Å². The van der Waals surface area contributed by atoms with Crippen LogP contribution in [0.1, 0.15) is 12.8 Å². The Kier molecular flexibility index (Phi) is 2.89. The minimum atomic E-state index is 0.217. The number of fused-ring (bicyclic) bond motifs is 1. The summed E-state index contributed by atoms with van der Waals surface area (Å²) >= 11 is 0. The number of aromatic nitrogens is 2. The third-order valence-electron chi connectivity index (χ3n) is 3.33. The smallest absolute Gasteiger partial charge is 0.283 e. The molecular weight excluding hydrogens is 272 g/mol. The Morgan fingerprint density at radius 1 is 1.29 bits per heavy atom. The van der Waals surface area contributed by atoms with Crippen molar-refractivity contribution in [3.63, 3.8) is 0 Å². The van der Waals surface area contributed by atoms with E-state index in [9.17, 15) is 0 Å². The molecule has 0 aliphatic carbocycles. The number of ether oxygens (including phenoxy) is 2. The molecule has 0 radical (unpaired) electrons. The maximum atomic E-state index is 5.77. The fourth-order valence-electron chi connectivity index (χ4n) is 2.11. The molecule has 1 atom stereocenters. The summed E-state index contributed by atoms with van der Waals surface area (Å²) in [5.41, 5.74) is 0.732. The molecule has 1 aromatic carbocycles. The monoisotopic (exact) mass is 286 g/mol. The fraction of sp³-hybridized carbons (Fsp3) is 0.333. The molecule has 3 heterocycles. The number of epoxide rings is 1. The van der Waals surface area contributed by atoms with Crippen LogP contribution >= 0.6 is 0 Å². The molecule has 6 heteroatoms. The summed E-state index contributed by atoms with van der Waals surface area (Å²) in [6, 6.07) is 7.56. The Morgan fingerprint density at radius 3 is 2.95 bits per heavy atom. The van der Waals surface area contributed by atoms with Crippen LogP contribution in [0.3, 0.4) is 0 Å². The topological polar surface area (TPSA) is 73.8 Å². The lowest BCUT2D eigenvalue weighted by atomic mass is 10.2. The van der Waals surface area contributed by atoms with Gasteiger partial charge >= 0.3 is 0 Å². The highest BCUT2D eigenvalue weighted by molar-refractivity contribution is 5.87. The first kappa shape index (κ1) is 12.4. The lowest BCUT2D eigenvalue weighted by Crippen LogP contribution is -2.03. The van der Waals surface area contributed by atoms with Crippen LogP contribution in [0.4, 0.5) is 0 Å². The molecule has 1 aliphatic heterocycles. The van der Waals surface area contributed by atoms with Crippen molar-refractivity contribution in [3.8, 4) is 17.4 Å². The van der Waals surface area contributed by atoms with Gasteiger partial charge in [0, 0.05) is 12.5 Å². The third kappa shape index (κ3) is 2.38. The molecule has 1 aliphatic rings. The minimum Gasteiger partial charge on any atom is -0.490 e. The first-order valence-corrected chi connectivity index (χ1v) is 6.93. The van der Waals surface area contributed by atoms with Crippen molar-refractivity contribution >= 4 is 11.0 Å². The average Bonchev–Trinajstić information content (AvgIpc) is 3.03. The zero-order valence-corrected chi connectivity index (χ0v) is 11.5. The van der Waals surface area contributed by atoms with E-state index in [-0.39, 0.29) is 6.10 Å². The molecule has 4 rings (SSSR count). The van der Waals surface area contributed by atoms with Crippen LogP contribution in [0.15, 0.2) is 33.1 Å².